The highest BCUT2D eigenvalue weighted by atomic mass is 16.2. The minimum Gasteiger partial charge on any atom is -0.341 e. The van der Waals surface area contributed by atoms with E-state index < -0.39 is 0 Å². The molecule has 30 heavy (non-hydrogen) atoms. The Morgan fingerprint density at radius 1 is 1.00 bits per heavy atom. The number of aromatic nitrogens is 4. The van der Waals surface area contributed by atoms with Crippen LogP contribution in [0.15, 0.2) is 36.9 Å². The van der Waals surface area contributed by atoms with Crippen LogP contribution in [0.25, 0.3) is 5.52 Å². The molecule has 0 atom stereocenters. The summed E-state index contributed by atoms with van der Waals surface area (Å²) in [6.45, 7) is 3.07. The second-order valence-electron chi connectivity index (χ2n) is 8.21. The van der Waals surface area contributed by atoms with Crippen molar-refractivity contribution in [2.24, 2.45) is 0 Å². The van der Waals surface area contributed by atoms with Crippen molar-refractivity contribution in [3.05, 3.63) is 53.9 Å². The average Bonchev–Trinajstić information content (AvgIpc) is 3.49. The van der Waals surface area contributed by atoms with Gasteiger partial charge in [0.25, 0.3) is 11.8 Å². The van der Waals surface area contributed by atoms with Gasteiger partial charge in [-0.1, -0.05) is 0 Å². The molecule has 3 aromatic rings. The van der Waals surface area contributed by atoms with Gasteiger partial charge in [-0.15, -0.1) is 0 Å². The molecule has 2 amide bonds. The smallest absolute Gasteiger partial charge is 0.289 e. The number of carbonyl (C=O) groups excluding carboxylic acids is 2. The Labute approximate surface area is 174 Å². The molecular weight excluding hydrogens is 380 g/mol. The first kappa shape index (κ1) is 18.8. The number of nitrogens with zero attached hydrogens (tertiary/aromatic N) is 5. The van der Waals surface area contributed by atoms with Gasteiger partial charge in [-0.2, -0.15) is 5.10 Å². The summed E-state index contributed by atoms with van der Waals surface area (Å²) < 4.78 is 1.79. The predicted octanol–water partition coefficient (Wildman–Crippen LogP) is 2.70. The second kappa shape index (κ2) is 7.93. The van der Waals surface area contributed by atoms with E-state index in [2.05, 4.69) is 27.2 Å². The third-order valence-electron chi connectivity index (χ3n) is 6.37. The number of aromatic amines is 1. The molecule has 1 N–H and O–H groups in total. The van der Waals surface area contributed by atoms with Gasteiger partial charge in [-0.25, -0.2) is 9.50 Å². The number of hydrogen-bond donors (Lipinski definition) is 1. The predicted molar refractivity (Wildman–Crippen MR) is 111 cm³/mol. The maximum absolute atomic E-state index is 13.0. The zero-order valence-corrected chi connectivity index (χ0v) is 17.0. The van der Waals surface area contributed by atoms with Gasteiger partial charge in [-0.05, 0) is 55.7 Å². The minimum absolute atomic E-state index is 0.0425. The van der Waals surface area contributed by atoms with Gasteiger partial charge in [0, 0.05) is 44.8 Å². The van der Waals surface area contributed by atoms with Gasteiger partial charge in [0.05, 0.1) is 17.3 Å². The number of pyridine rings is 1. The molecule has 0 radical (unpaired) electrons. The lowest BCUT2D eigenvalue weighted by Gasteiger charge is -2.31. The molecule has 0 spiro atoms. The lowest BCUT2D eigenvalue weighted by atomic mass is 9.89. The molecule has 0 saturated carbocycles. The summed E-state index contributed by atoms with van der Waals surface area (Å²) in [6, 6.07) is 4.20. The molecule has 8 heteroatoms. The van der Waals surface area contributed by atoms with Crippen molar-refractivity contribution in [3.63, 3.8) is 0 Å². The van der Waals surface area contributed by atoms with Gasteiger partial charge in [0.15, 0.2) is 5.82 Å². The van der Waals surface area contributed by atoms with Crippen LogP contribution in [-0.2, 0) is 0 Å². The number of H-pyrrole nitrogens is 1. The van der Waals surface area contributed by atoms with E-state index in [0.29, 0.717) is 30.4 Å². The summed E-state index contributed by atoms with van der Waals surface area (Å²) in [5, 5.41) is 4.39. The van der Waals surface area contributed by atoms with E-state index in [0.717, 1.165) is 44.3 Å². The van der Waals surface area contributed by atoms with Crippen molar-refractivity contribution >= 4 is 17.3 Å². The molecule has 3 aromatic heterocycles. The molecule has 5 rings (SSSR count). The van der Waals surface area contributed by atoms with Gasteiger partial charge >= 0.3 is 0 Å². The monoisotopic (exact) mass is 406 g/mol. The van der Waals surface area contributed by atoms with Gasteiger partial charge < -0.3 is 14.8 Å². The van der Waals surface area contributed by atoms with Crippen LogP contribution in [0.4, 0.5) is 0 Å². The molecule has 2 aliphatic rings. The normalized spacial score (nSPS) is 18.1. The molecule has 0 bridgehead atoms. The topological polar surface area (TPSA) is 86.6 Å². The Bertz CT molecular complexity index is 1040. The van der Waals surface area contributed by atoms with Crippen LogP contribution >= 0.6 is 0 Å². The highest BCUT2D eigenvalue weighted by Gasteiger charge is 2.27. The molecule has 2 aliphatic heterocycles. The number of rotatable bonds is 3. The number of fused-ring (bicyclic) bond motifs is 1. The van der Waals surface area contributed by atoms with Crippen LogP contribution in [0.3, 0.4) is 0 Å². The Morgan fingerprint density at radius 2 is 1.77 bits per heavy atom. The van der Waals surface area contributed by atoms with E-state index in [9.17, 15) is 9.59 Å². The Morgan fingerprint density at radius 3 is 2.50 bits per heavy atom. The standard InChI is InChI=1S/C22H26N6O2/c29-21(26-9-2-1-3-10-26)18-15-25-28-13-6-17(14-19(18)28)16-4-11-27(12-5-16)22(30)20-23-7-8-24-20/h6-8,13-16H,1-5,9-12H2,(H,23,24). The van der Waals surface area contributed by atoms with Crippen LogP contribution in [0.1, 0.15) is 64.6 Å². The summed E-state index contributed by atoms with van der Waals surface area (Å²) in [4.78, 5) is 36.3. The molecule has 5 heterocycles. The number of nitrogens with one attached hydrogen (secondary N) is 1. The minimum atomic E-state index is -0.0425. The maximum atomic E-state index is 13.0. The molecule has 156 valence electrons. The van der Waals surface area contributed by atoms with Crippen LogP contribution in [0, 0.1) is 0 Å². The average molecular weight is 406 g/mol. The zero-order chi connectivity index (χ0) is 20.5. The Hall–Kier alpha value is -3.16. The number of likely N-dealkylation sites (tertiary alicyclic amines) is 2. The van der Waals surface area contributed by atoms with Crippen LogP contribution < -0.4 is 0 Å². The van der Waals surface area contributed by atoms with Crippen molar-refractivity contribution < 1.29 is 9.59 Å². The Balaban J connectivity index is 1.32. The van der Waals surface area contributed by atoms with E-state index in [1.165, 1.54) is 12.0 Å². The number of carbonyl (C=O) groups is 2. The largest absolute Gasteiger partial charge is 0.341 e. The van der Waals surface area contributed by atoms with Crippen LogP contribution in [0.2, 0.25) is 0 Å². The van der Waals surface area contributed by atoms with Crippen molar-refractivity contribution in [2.75, 3.05) is 26.2 Å². The van der Waals surface area contributed by atoms with Crippen LogP contribution in [-0.4, -0.2) is 67.4 Å². The first-order chi connectivity index (χ1) is 14.7. The van der Waals surface area contributed by atoms with Gasteiger partial charge in [0.1, 0.15) is 0 Å². The maximum Gasteiger partial charge on any atom is 0.289 e. The summed E-state index contributed by atoms with van der Waals surface area (Å²) in [7, 11) is 0. The van der Waals surface area contributed by atoms with Crippen LogP contribution in [0.5, 0.6) is 0 Å². The first-order valence-corrected chi connectivity index (χ1v) is 10.8. The summed E-state index contributed by atoms with van der Waals surface area (Å²) in [5.74, 6) is 0.804. The lowest BCUT2D eigenvalue weighted by molar-refractivity contribution is 0.0699. The van der Waals surface area contributed by atoms with Crippen molar-refractivity contribution in [3.8, 4) is 0 Å². The fourth-order valence-corrected chi connectivity index (χ4v) is 4.63. The second-order valence-corrected chi connectivity index (χ2v) is 8.21. The lowest BCUT2D eigenvalue weighted by Crippen LogP contribution is -2.38. The van der Waals surface area contributed by atoms with Gasteiger partial charge in [-0.3, -0.25) is 9.59 Å². The zero-order valence-electron chi connectivity index (χ0n) is 17.0. The molecular formula is C22H26N6O2. The molecule has 8 nitrogen and oxygen atoms in total. The van der Waals surface area contributed by atoms with E-state index in [1.54, 1.807) is 23.1 Å². The van der Waals surface area contributed by atoms with Crippen molar-refractivity contribution in [1.82, 2.24) is 29.4 Å². The SMILES string of the molecule is O=C(c1ncc[nH]1)N1CCC(c2ccn3ncc(C(=O)N4CCCCC4)c3c2)CC1. The van der Waals surface area contributed by atoms with E-state index in [4.69, 9.17) is 0 Å². The van der Waals surface area contributed by atoms with E-state index in [-0.39, 0.29) is 11.8 Å². The van der Waals surface area contributed by atoms with Gasteiger partial charge in [0.2, 0.25) is 0 Å². The van der Waals surface area contributed by atoms with Crippen molar-refractivity contribution in [1.29, 1.82) is 0 Å². The number of amides is 2. The fraction of sp³-hybridized carbons (Fsp3) is 0.455. The highest BCUT2D eigenvalue weighted by molar-refractivity contribution is 6.00. The summed E-state index contributed by atoms with van der Waals surface area (Å²) in [5.41, 5.74) is 2.77. The summed E-state index contributed by atoms with van der Waals surface area (Å²) in [6.07, 6.45) is 12.0. The quantitative estimate of drug-likeness (QED) is 0.725. The third kappa shape index (κ3) is 3.46. The number of piperidine rings is 2. The van der Waals surface area contributed by atoms with E-state index in [1.807, 2.05) is 16.0 Å². The first-order valence-electron chi connectivity index (χ1n) is 10.8. The molecule has 2 fully saturated rings. The fourth-order valence-electron chi connectivity index (χ4n) is 4.63. The molecule has 0 aromatic carbocycles. The summed E-state index contributed by atoms with van der Waals surface area (Å²) >= 11 is 0. The molecule has 0 unspecified atom stereocenters. The molecule has 0 aliphatic carbocycles. The number of hydrogen-bond acceptors (Lipinski definition) is 4. The Kier molecular flexibility index (Phi) is 4.98. The van der Waals surface area contributed by atoms with E-state index >= 15 is 0 Å². The third-order valence-corrected chi connectivity index (χ3v) is 6.37. The highest BCUT2D eigenvalue weighted by Crippen LogP contribution is 2.30. The number of imidazole rings is 1. The van der Waals surface area contributed by atoms with Crippen molar-refractivity contribution in [2.45, 2.75) is 38.0 Å². The molecule has 2 saturated heterocycles.